The zero-order valence-electron chi connectivity index (χ0n) is 29.3. The van der Waals surface area contributed by atoms with Crippen molar-refractivity contribution in [1.82, 2.24) is 0 Å². The number of allylic oxidation sites excluding steroid dienone is 14. The van der Waals surface area contributed by atoms with E-state index in [4.69, 9.17) is 0 Å². The predicted molar refractivity (Wildman–Crippen MR) is 217 cm³/mol. The van der Waals surface area contributed by atoms with Crippen LogP contribution in [0.15, 0.2) is 194 Å². The van der Waals surface area contributed by atoms with Crippen molar-refractivity contribution in [3.05, 3.63) is 222 Å². The van der Waals surface area contributed by atoms with Gasteiger partial charge in [0.15, 0.2) is 0 Å². The molecule has 0 aliphatic heterocycles. The highest BCUT2D eigenvalue weighted by Crippen LogP contribution is 2.54. The van der Waals surface area contributed by atoms with Crippen LogP contribution in [0.25, 0.3) is 39.0 Å². The third kappa shape index (κ3) is 5.75. The first-order valence-corrected chi connectivity index (χ1v) is 18.4. The highest BCUT2D eigenvalue weighted by Gasteiger charge is 2.42. The average molecular weight is 655 g/mol. The fourth-order valence-electron chi connectivity index (χ4n) is 8.69. The van der Waals surface area contributed by atoms with E-state index in [1.165, 1.54) is 78.8 Å². The SMILES string of the molecule is C\C=C(/C=C(\C=C\C1=CC2(C)c3ccccc3-c3ccccc3C2C=C1)c1cccc(-c2cccc(C3=CC=CC4CC34)c2)c1)c1ccccc1. The van der Waals surface area contributed by atoms with Crippen LogP contribution in [0.3, 0.4) is 0 Å². The van der Waals surface area contributed by atoms with Gasteiger partial charge in [0.2, 0.25) is 0 Å². The van der Waals surface area contributed by atoms with Crippen molar-refractivity contribution in [2.45, 2.75) is 31.6 Å². The molecule has 4 aliphatic carbocycles. The molecule has 9 rings (SSSR count). The Labute approximate surface area is 302 Å². The Morgan fingerprint density at radius 3 is 2.27 bits per heavy atom. The van der Waals surface area contributed by atoms with Crippen molar-refractivity contribution in [2.24, 2.45) is 11.8 Å². The molecule has 1 saturated carbocycles. The number of hydrogen-bond acceptors (Lipinski definition) is 0. The van der Waals surface area contributed by atoms with Crippen molar-refractivity contribution < 1.29 is 0 Å². The van der Waals surface area contributed by atoms with Crippen LogP contribution in [0.2, 0.25) is 0 Å². The van der Waals surface area contributed by atoms with Gasteiger partial charge in [-0.05, 0) is 116 Å². The topological polar surface area (TPSA) is 0 Å². The second-order valence-electron chi connectivity index (χ2n) is 14.6. The van der Waals surface area contributed by atoms with E-state index in [0.29, 0.717) is 11.8 Å². The normalized spacial score (nSPS) is 23.1. The molecule has 5 aromatic rings. The second-order valence-corrected chi connectivity index (χ2v) is 14.6. The van der Waals surface area contributed by atoms with E-state index in [9.17, 15) is 0 Å². The van der Waals surface area contributed by atoms with E-state index < -0.39 is 0 Å². The summed E-state index contributed by atoms with van der Waals surface area (Å²) in [6, 6.07) is 46.8. The van der Waals surface area contributed by atoms with Gasteiger partial charge in [0, 0.05) is 11.3 Å². The first-order valence-electron chi connectivity index (χ1n) is 18.4. The Morgan fingerprint density at radius 2 is 1.41 bits per heavy atom. The molecule has 0 aromatic heterocycles. The highest BCUT2D eigenvalue weighted by molar-refractivity contribution is 5.89. The standard InChI is InChI=1S/C51H42/c1-3-36(37-14-5-4-6-15-37)30-41(39-17-11-16-38(31-39)40-18-12-19-42(32-40)44-24-13-20-43-33-48(43)44)28-26-35-27-29-50-47-22-8-7-21-45(47)46-23-9-10-25-49(46)51(50,2)34-35/h3-32,34,43,48,50H,33H2,1-2H3/b28-26+,36-3+,41-30+. The second kappa shape index (κ2) is 12.9. The lowest BCUT2D eigenvalue weighted by Crippen LogP contribution is -2.33. The van der Waals surface area contributed by atoms with Gasteiger partial charge in [0.05, 0.1) is 0 Å². The third-order valence-corrected chi connectivity index (χ3v) is 11.5. The van der Waals surface area contributed by atoms with Crippen LogP contribution in [-0.4, -0.2) is 0 Å². The van der Waals surface area contributed by atoms with E-state index in [0.717, 1.165) is 5.92 Å². The number of rotatable bonds is 7. The molecule has 0 spiro atoms. The molecule has 0 bridgehead atoms. The number of benzene rings is 5. The van der Waals surface area contributed by atoms with Crippen molar-refractivity contribution in [3.63, 3.8) is 0 Å². The van der Waals surface area contributed by atoms with Gasteiger partial charge in [0.25, 0.3) is 0 Å². The van der Waals surface area contributed by atoms with Gasteiger partial charge < -0.3 is 0 Å². The van der Waals surface area contributed by atoms with Crippen molar-refractivity contribution in [2.75, 3.05) is 0 Å². The molecule has 0 heteroatoms. The van der Waals surface area contributed by atoms with Gasteiger partial charge in [-0.3, -0.25) is 0 Å². The lowest BCUT2D eigenvalue weighted by Gasteiger charge is -2.43. The van der Waals surface area contributed by atoms with Crippen LogP contribution < -0.4 is 0 Å². The van der Waals surface area contributed by atoms with E-state index in [2.05, 4.69) is 202 Å². The lowest BCUT2D eigenvalue weighted by molar-refractivity contribution is 0.516. The molecule has 4 unspecified atom stereocenters. The van der Waals surface area contributed by atoms with Gasteiger partial charge >= 0.3 is 0 Å². The minimum absolute atomic E-state index is 0.142. The zero-order chi connectivity index (χ0) is 34.4. The van der Waals surface area contributed by atoms with Crippen molar-refractivity contribution in [3.8, 4) is 22.3 Å². The maximum atomic E-state index is 2.50. The zero-order valence-corrected chi connectivity index (χ0v) is 29.3. The first-order chi connectivity index (χ1) is 25.1. The molecular formula is C51H42. The summed E-state index contributed by atoms with van der Waals surface area (Å²) in [5.41, 5.74) is 16.7. The van der Waals surface area contributed by atoms with E-state index >= 15 is 0 Å². The van der Waals surface area contributed by atoms with Crippen molar-refractivity contribution >= 4 is 16.7 Å². The fraction of sp³-hybridized carbons (Fsp3) is 0.137. The van der Waals surface area contributed by atoms with Crippen LogP contribution in [0.5, 0.6) is 0 Å². The van der Waals surface area contributed by atoms with Crippen LogP contribution in [-0.2, 0) is 5.41 Å². The summed E-state index contributed by atoms with van der Waals surface area (Å²) in [6.07, 6.45) is 24.6. The first kappa shape index (κ1) is 31.3. The molecule has 4 atom stereocenters. The number of hydrogen-bond donors (Lipinski definition) is 0. The molecule has 0 saturated heterocycles. The molecule has 4 aliphatic rings. The quantitative estimate of drug-likeness (QED) is 0.153. The van der Waals surface area contributed by atoms with Crippen molar-refractivity contribution in [1.29, 1.82) is 0 Å². The van der Waals surface area contributed by atoms with Gasteiger partial charge in [-0.15, -0.1) is 0 Å². The summed E-state index contributed by atoms with van der Waals surface area (Å²) in [5, 5.41) is 0. The summed E-state index contributed by atoms with van der Waals surface area (Å²) in [6.45, 7) is 4.54. The van der Waals surface area contributed by atoms with E-state index in [-0.39, 0.29) is 5.41 Å². The monoisotopic (exact) mass is 654 g/mol. The molecule has 0 N–H and O–H groups in total. The molecule has 1 fully saturated rings. The Kier molecular flexibility index (Phi) is 7.89. The van der Waals surface area contributed by atoms with E-state index in [1.54, 1.807) is 0 Å². The van der Waals surface area contributed by atoms with Gasteiger partial charge in [-0.25, -0.2) is 0 Å². The molecule has 0 nitrogen and oxygen atoms in total. The summed E-state index contributed by atoms with van der Waals surface area (Å²) >= 11 is 0. The van der Waals surface area contributed by atoms with Gasteiger partial charge in [0.1, 0.15) is 0 Å². The van der Waals surface area contributed by atoms with Crippen LogP contribution >= 0.6 is 0 Å². The van der Waals surface area contributed by atoms with Crippen LogP contribution in [0.1, 0.15) is 54.0 Å². The molecular weight excluding hydrogens is 613 g/mol. The van der Waals surface area contributed by atoms with Crippen LogP contribution in [0, 0.1) is 11.8 Å². The third-order valence-electron chi connectivity index (χ3n) is 11.5. The fourth-order valence-corrected chi connectivity index (χ4v) is 8.69. The number of fused-ring (bicyclic) bond motifs is 7. The molecule has 246 valence electrons. The lowest BCUT2D eigenvalue weighted by atomic mass is 9.60. The smallest absolute Gasteiger partial charge is 0.0222 e. The summed E-state index contributed by atoms with van der Waals surface area (Å²) in [5.74, 6) is 1.71. The van der Waals surface area contributed by atoms with E-state index in [1.807, 2.05) is 0 Å². The molecule has 0 amide bonds. The average Bonchev–Trinajstić information content (AvgIpc) is 3.99. The Balaban J connectivity index is 1.10. The Morgan fingerprint density at radius 1 is 0.686 bits per heavy atom. The highest BCUT2D eigenvalue weighted by atomic mass is 14.4. The molecule has 5 aromatic carbocycles. The van der Waals surface area contributed by atoms with Crippen LogP contribution in [0.4, 0.5) is 0 Å². The maximum Gasteiger partial charge on any atom is 0.0222 e. The molecule has 0 radical (unpaired) electrons. The maximum absolute atomic E-state index is 2.50. The predicted octanol–water partition coefficient (Wildman–Crippen LogP) is 13.2. The Hall–Kier alpha value is -5.72. The van der Waals surface area contributed by atoms with Gasteiger partial charge in [-0.2, -0.15) is 0 Å². The molecule has 0 heterocycles. The van der Waals surface area contributed by atoms with Gasteiger partial charge in [-0.1, -0.05) is 177 Å². The molecule has 51 heavy (non-hydrogen) atoms. The Bertz CT molecular complexity index is 2370. The minimum atomic E-state index is -0.142. The summed E-state index contributed by atoms with van der Waals surface area (Å²) < 4.78 is 0. The summed E-state index contributed by atoms with van der Waals surface area (Å²) in [7, 11) is 0. The minimum Gasteiger partial charge on any atom is -0.0808 e. The summed E-state index contributed by atoms with van der Waals surface area (Å²) in [4.78, 5) is 0. The largest absolute Gasteiger partial charge is 0.0808 e.